The first-order chi connectivity index (χ1) is 12.2. The van der Waals surface area contributed by atoms with Gasteiger partial charge < -0.3 is 15.1 Å². The van der Waals surface area contributed by atoms with E-state index in [1.807, 2.05) is 16.8 Å². The second-order valence-electron chi connectivity index (χ2n) is 5.49. The summed E-state index contributed by atoms with van der Waals surface area (Å²) < 4.78 is 5.20. The minimum atomic E-state index is -0.259. The normalized spacial score (nSPS) is 10.4. The van der Waals surface area contributed by atoms with Gasteiger partial charge in [0.2, 0.25) is 5.91 Å². The molecule has 0 fully saturated rings. The van der Waals surface area contributed by atoms with Gasteiger partial charge in [-0.3, -0.25) is 9.59 Å². The molecule has 1 aromatic carbocycles. The van der Waals surface area contributed by atoms with Crippen LogP contribution in [-0.2, 0) is 17.8 Å². The molecule has 0 radical (unpaired) electrons. The Morgan fingerprint density at radius 3 is 2.72 bits per heavy atom. The Balaban J connectivity index is 1.59. The van der Waals surface area contributed by atoms with Crippen LogP contribution in [0.2, 0.25) is 0 Å². The molecule has 128 valence electrons. The molecule has 0 saturated carbocycles. The number of carbonyl (C=O) groups excluding carboxylic acids is 2. The van der Waals surface area contributed by atoms with E-state index in [9.17, 15) is 9.59 Å². The van der Waals surface area contributed by atoms with Gasteiger partial charge in [-0.05, 0) is 53.1 Å². The zero-order chi connectivity index (χ0) is 17.5. The topological polar surface area (TPSA) is 71.3 Å². The number of carbonyl (C=O) groups is 2. The van der Waals surface area contributed by atoms with Crippen LogP contribution in [0.15, 0.2) is 63.9 Å². The van der Waals surface area contributed by atoms with Crippen molar-refractivity contribution in [3.05, 3.63) is 76.4 Å². The Morgan fingerprint density at radius 2 is 1.96 bits per heavy atom. The molecule has 0 bridgehead atoms. The summed E-state index contributed by atoms with van der Waals surface area (Å²) in [6.07, 6.45) is 2.62. The molecule has 0 aliphatic rings. The number of para-hydroxylation sites is 1. The maximum absolute atomic E-state index is 12.4. The number of benzene rings is 1. The number of rotatable bonds is 7. The van der Waals surface area contributed by atoms with Crippen LogP contribution in [0.1, 0.15) is 28.1 Å². The molecule has 3 aromatic rings. The van der Waals surface area contributed by atoms with Gasteiger partial charge in [-0.2, -0.15) is 11.3 Å². The maximum Gasteiger partial charge on any atom is 0.253 e. The zero-order valence-corrected chi connectivity index (χ0v) is 14.3. The lowest BCUT2D eigenvalue weighted by molar-refractivity contribution is -0.116. The van der Waals surface area contributed by atoms with Gasteiger partial charge in [0.05, 0.1) is 24.1 Å². The van der Waals surface area contributed by atoms with Gasteiger partial charge >= 0.3 is 0 Å². The van der Waals surface area contributed by atoms with Crippen molar-refractivity contribution in [1.29, 1.82) is 0 Å². The van der Waals surface area contributed by atoms with Crippen molar-refractivity contribution < 1.29 is 14.0 Å². The number of thiophene rings is 1. The summed E-state index contributed by atoms with van der Waals surface area (Å²) in [6.45, 7) is 0.298. The molecule has 0 saturated heterocycles. The first kappa shape index (κ1) is 17.0. The van der Waals surface area contributed by atoms with E-state index in [1.54, 1.807) is 54.0 Å². The minimum Gasteiger partial charge on any atom is -0.467 e. The van der Waals surface area contributed by atoms with E-state index in [2.05, 4.69) is 10.6 Å². The Hall–Kier alpha value is -2.86. The SMILES string of the molecule is O=C(CCc1ccsc1)Nc1ccccc1C(=O)NCc1ccco1. The molecular formula is C19H18N2O3S. The third-order valence-corrected chi connectivity index (χ3v) is 4.40. The molecule has 2 amide bonds. The largest absolute Gasteiger partial charge is 0.467 e. The number of hydrogen-bond acceptors (Lipinski definition) is 4. The quantitative estimate of drug-likeness (QED) is 0.677. The molecule has 2 heterocycles. The highest BCUT2D eigenvalue weighted by molar-refractivity contribution is 7.07. The van der Waals surface area contributed by atoms with Crippen LogP contribution in [0.3, 0.4) is 0 Å². The van der Waals surface area contributed by atoms with Crippen molar-refractivity contribution in [3.8, 4) is 0 Å². The maximum atomic E-state index is 12.4. The van der Waals surface area contributed by atoms with E-state index in [0.717, 1.165) is 5.56 Å². The lowest BCUT2D eigenvalue weighted by atomic mass is 10.1. The summed E-state index contributed by atoms with van der Waals surface area (Å²) in [5.41, 5.74) is 2.08. The summed E-state index contributed by atoms with van der Waals surface area (Å²) in [4.78, 5) is 24.6. The van der Waals surface area contributed by atoms with Crippen molar-refractivity contribution in [2.45, 2.75) is 19.4 Å². The van der Waals surface area contributed by atoms with Gasteiger partial charge in [0.15, 0.2) is 0 Å². The van der Waals surface area contributed by atoms with Crippen LogP contribution in [0.4, 0.5) is 5.69 Å². The van der Waals surface area contributed by atoms with Crippen LogP contribution < -0.4 is 10.6 Å². The lowest BCUT2D eigenvalue weighted by Gasteiger charge is -2.11. The first-order valence-electron chi connectivity index (χ1n) is 7.93. The molecule has 2 N–H and O–H groups in total. The highest BCUT2D eigenvalue weighted by Gasteiger charge is 2.13. The fraction of sp³-hybridized carbons (Fsp3) is 0.158. The summed E-state index contributed by atoms with van der Waals surface area (Å²) in [7, 11) is 0. The van der Waals surface area contributed by atoms with E-state index in [4.69, 9.17) is 4.42 Å². The van der Waals surface area contributed by atoms with E-state index < -0.39 is 0 Å². The molecule has 2 aromatic heterocycles. The minimum absolute atomic E-state index is 0.113. The molecule has 3 rings (SSSR count). The fourth-order valence-electron chi connectivity index (χ4n) is 2.37. The number of aryl methyl sites for hydroxylation is 1. The highest BCUT2D eigenvalue weighted by Crippen LogP contribution is 2.16. The van der Waals surface area contributed by atoms with Gasteiger partial charge in [0, 0.05) is 6.42 Å². The molecule has 0 unspecified atom stereocenters. The average Bonchev–Trinajstić information content (AvgIpc) is 3.32. The lowest BCUT2D eigenvalue weighted by Crippen LogP contribution is -2.24. The first-order valence-corrected chi connectivity index (χ1v) is 8.87. The van der Waals surface area contributed by atoms with E-state index in [0.29, 0.717) is 36.4 Å². The summed E-state index contributed by atoms with van der Waals surface area (Å²) in [5.74, 6) is 0.299. The molecule has 0 spiro atoms. The summed E-state index contributed by atoms with van der Waals surface area (Å²) >= 11 is 1.61. The van der Waals surface area contributed by atoms with E-state index in [1.165, 1.54) is 0 Å². The van der Waals surface area contributed by atoms with Crippen LogP contribution in [0.5, 0.6) is 0 Å². The van der Waals surface area contributed by atoms with Crippen molar-refractivity contribution in [2.24, 2.45) is 0 Å². The van der Waals surface area contributed by atoms with E-state index in [-0.39, 0.29) is 11.8 Å². The zero-order valence-electron chi connectivity index (χ0n) is 13.5. The molecule has 0 atom stereocenters. The predicted molar refractivity (Wildman–Crippen MR) is 97.6 cm³/mol. The van der Waals surface area contributed by atoms with Gasteiger partial charge in [-0.1, -0.05) is 12.1 Å². The summed E-state index contributed by atoms with van der Waals surface area (Å²) in [5, 5.41) is 9.64. The molecule has 25 heavy (non-hydrogen) atoms. The second-order valence-corrected chi connectivity index (χ2v) is 6.27. The Morgan fingerprint density at radius 1 is 1.08 bits per heavy atom. The van der Waals surface area contributed by atoms with Crippen molar-refractivity contribution in [3.63, 3.8) is 0 Å². The van der Waals surface area contributed by atoms with Crippen molar-refractivity contribution >= 4 is 28.8 Å². The monoisotopic (exact) mass is 354 g/mol. The van der Waals surface area contributed by atoms with Gasteiger partial charge in [-0.25, -0.2) is 0 Å². The molecule has 0 aliphatic heterocycles. The molecular weight excluding hydrogens is 336 g/mol. The number of anilines is 1. The number of nitrogens with one attached hydrogen (secondary N) is 2. The Kier molecular flexibility index (Phi) is 5.64. The molecule has 0 aliphatic carbocycles. The van der Waals surface area contributed by atoms with Crippen LogP contribution in [-0.4, -0.2) is 11.8 Å². The number of amides is 2. The molecule has 6 heteroatoms. The summed E-state index contributed by atoms with van der Waals surface area (Å²) in [6, 6.07) is 12.5. The van der Waals surface area contributed by atoms with Crippen LogP contribution >= 0.6 is 11.3 Å². The number of hydrogen-bond donors (Lipinski definition) is 2. The standard InChI is InChI=1S/C19H18N2O3S/c22-18(8-7-14-9-11-25-13-14)21-17-6-2-1-5-16(17)19(23)20-12-15-4-3-10-24-15/h1-6,9-11,13H,7-8,12H2,(H,20,23)(H,21,22). The van der Waals surface area contributed by atoms with Gasteiger partial charge in [-0.15, -0.1) is 0 Å². The van der Waals surface area contributed by atoms with Crippen molar-refractivity contribution in [1.82, 2.24) is 5.32 Å². The van der Waals surface area contributed by atoms with Gasteiger partial charge in [0.25, 0.3) is 5.91 Å². The van der Waals surface area contributed by atoms with Crippen molar-refractivity contribution in [2.75, 3.05) is 5.32 Å². The van der Waals surface area contributed by atoms with E-state index >= 15 is 0 Å². The molecule has 5 nitrogen and oxygen atoms in total. The number of furan rings is 1. The fourth-order valence-corrected chi connectivity index (χ4v) is 3.07. The van der Waals surface area contributed by atoms with Crippen LogP contribution in [0.25, 0.3) is 0 Å². The highest BCUT2D eigenvalue weighted by atomic mass is 32.1. The van der Waals surface area contributed by atoms with Gasteiger partial charge in [0.1, 0.15) is 5.76 Å². The third kappa shape index (κ3) is 4.81. The van der Waals surface area contributed by atoms with Crippen LogP contribution in [0, 0.1) is 0 Å². The predicted octanol–water partition coefficient (Wildman–Crippen LogP) is 3.84. The Bertz CT molecular complexity index is 826. The average molecular weight is 354 g/mol. The third-order valence-electron chi connectivity index (χ3n) is 3.67. The Labute approximate surface area is 149 Å². The second kappa shape index (κ2) is 8.30. The smallest absolute Gasteiger partial charge is 0.253 e.